The molecule has 1 fully saturated rings. The van der Waals surface area contributed by atoms with E-state index in [1.165, 1.54) is 29.3 Å². The van der Waals surface area contributed by atoms with Crippen LogP contribution in [0, 0.1) is 23.0 Å². The van der Waals surface area contributed by atoms with Crippen molar-refractivity contribution in [3.8, 4) is 0 Å². The molecule has 0 saturated carbocycles. The number of non-ortho nitro benzene ring substituents is 1. The summed E-state index contributed by atoms with van der Waals surface area (Å²) < 4.78 is 5.05. The van der Waals surface area contributed by atoms with Gasteiger partial charge in [-0.05, 0) is 43.7 Å². The van der Waals surface area contributed by atoms with Crippen LogP contribution < -0.4 is 9.91 Å². The van der Waals surface area contributed by atoms with Gasteiger partial charge in [0.1, 0.15) is 12.0 Å². The van der Waals surface area contributed by atoms with Crippen molar-refractivity contribution in [2.24, 2.45) is 11.0 Å². The molecule has 1 saturated heterocycles. The highest BCUT2D eigenvalue weighted by molar-refractivity contribution is 6.47. The summed E-state index contributed by atoms with van der Waals surface area (Å²) in [7, 11) is 0. The Bertz CT molecular complexity index is 1180. The summed E-state index contributed by atoms with van der Waals surface area (Å²) >= 11 is 6.18. The number of rotatable bonds is 5. The number of fused-ring (bicyclic) bond motifs is 1. The number of benzene rings is 2. The van der Waals surface area contributed by atoms with Crippen LogP contribution in [0.2, 0.25) is 5.02 Å². The topological polar surface area (TPSA) is 122 Å². The first-order valence-corrected chi connectivity index (χ1v) is 10.1. The maximum atomic E-state index is 13.4. The van der Waals surface area contributed by atoms with Crippen LogP contribution in [0.3, 0.4) is 0 Å². The summed E-state index contributed by atoms with van der Waals surface area (Å²) in [5, 5.41) is 16.8. The Hall–Kier alpha value is -3.79. The molecule has 2 aromatic carbocycles. The zero-order valence-electron chi connectivity index (χ0n) is 17.0. The summed E-state index contributed by atoms with van der Waals surface area (Å²) in [6.45, 7) is 3.36. The van der Waals surface area contributed by atoms with E-state index in [0.717, 1.165) is 4.90 Å². The zero-order chi connectivity index (χ0) is 23.2. The normalized spacial score (nSPS) is 19.8. The minimum absolute atomic E-state index is 0.0615. The quantitative estimate of drug-likeness (QED) is 0.293. The first-order valence-electron chi connectivity index (χ1n) is 9.68. The van der Waals surface area contributed by atoms with Crippen molar-refractivity contribution in [2.75, 3.05) is 16.5 Å². The molecule has 32 heavy (non-hydrogen) atoms. The fraction of sp³-hybridized carbons (Fsp3) is 0.238. The highest BCUT2D eigenvalue weighted by atomic mass is 35.5. The number of carbonyl (C=O) groups excluding carboxylic acids is 3. The van der Waals surface area contributed by atoms with Crippen LogP contribution in [-0.2, 0) is 19.1 Å². The van der Waals surface area contributed by atoms with Gasteiger partial charge in [-0.3, -0.25) is 24.7 Å². The van der Waals surface area contributed by atoms with E-state index in [9.17, 15) is 24.5 Å². The number of ether oxygens (including phenoxy) is 1. The van der Waals surface area contributed by atoms with Crippen LogP contribution >= 0.6 is 11.6 Å². The molecule has 0 spiro atoms. The Labute approximate surface area is 187 Å². The van der Waals surface area contributed by atoms with E-state index < -0.39 is 34.7 Å². The Morgan fingerprint density at radius 1 is 1.19 bits per heavy atom. The summed E-state index contributed by atoms with van der Waals surface area (Å²) in [4.78, 5) is 50.8. The van der Waals surface area contributed by atoms with Gasteiger partial charge in [-0.2, -0.15) is 5.10 Å². The smallest absolute Gasteiger partial charge is 0.355 e. The molecule has 0 unspecified atom stereocenters. The van der Waals surface area contributed by atoms with Crippen LogP contribution in [0.15, 0.2) is 47.6 Å². The third-order valence-corrected chi connectivity index (χ3v) is 5.75. The number of nitro groups is 1. The van der Waals surface area contributed by atoms with Crippen molar-refractivity contribution in [1.82, 2.24) is 0 Å². The molecule has 2 aliphatic heterocycles. The lowest BCUT2D eigenvalue weighted by molar-refractivity contribution is -0.384. The number of hydrazone groups is 1. The van der Waals surface area contributed by atoms with E-state index in [-0.39, 0.29) is 18.0 Å². The van der Waals surface area contributed by atoms with Crippen molar-refractivity contribution in [1.29, 1.82) is 0 Å². The van der Waals surface area contributed by atoms with Gasteiger partial charge < -0.3 is 4.74 Å². The van der Waals surface area contributed by atoms with E-state index in [2.05, 4.69) is 5.10 Å². The second-order valence-electron chi connectivity index (χ2n) is 7.14. The predicted molar refractivity (Wildman–Crippen MR) is 116 cm³/mol. The fourth-order valence-electron chi connectivity index (χ4n) is 3.80. The molecule has 0 bridgehead atoms. The first kappa shape index (κ1) is 21.4. The number of hydrogen-bond donors (Lipinski definition) is 0. The second kappa shape index (κ2) is 8.04. The minimum Gasteiger partial charge on any atom is -0.461 e. The number of nitrogens with zero attached hydrogens (tertiary/aromatic N) is 4. The molecule has 2 amide bonds. The fourth-order valence-corrected chi connectivity index (χ4v) is 3.97. The Kier molecular flexibility index (Phi) is 5.39. The molecule has 4 rings (SSSR count). The molecule has 2 aliphatic rings. The Balaban J connectivity index is 1.80. The van der Waals surface area contributed by atoms with Crippen molar-refractivity contribution in [3.05, 3.63) is 63.2 Å². The Morgan fingerprint density at radius 3 is 2.50 bits per heavy atom. The lowest BCUT2D eigenvalue weighted by Crippen LogP contribution is -2.39. The van der Waals surface area contributed by atoms with Crippen LogP contribution in [0.25, 0.3) is 0 Å². The number of carbonyl (C=O) groups is 3. The summed E-state index contributed by atoms with van der Waals surface area (Å²) in [6.07, 6.45) is 0. The third-order valence-electron chi connectivity index (χ3n) is 5.34. The SMILES string of the molecule is CCOC(=O)C1=NN(c2ccc([N+](=O)[O-])cc2)[C@@H]2C(=O)N(c3cccc(Cl)c3C)C(=O)[C@H]12. The number of nitro benzene ring substituents is 1. The molecule has 10 nitrogen and oxygen atoms in total. The second-order valence-corrected chi connectivity index (χ2v) is 7.55. The third kappa shape index (κ3) is 3.28. The molecule has 164 valence electrons. The van der Waals surface area contributed by atoms with E-state index in [1.54, 1.807) is 32.0 Å². The van der Waals surface area contributed by atoms with E-state index in [1.807, 2.05) is 0 Å². The first-order chi connectivity index (χ1) is 15.3. The number of esters is 1. The highest BCUT2D eigenvalue weighted by Gasteiger charge is 2.59. The van der Waals surface area contributed by atoms with Crippen molar-refractivity contribution >= 4 is 52.2 Å². The van der Waals surface area contributed by atoms with Crippen LogP contribution in [0.4, 0.5) is 17.1 Å². The standard InChI is InChI=1S/C21H17ClN4O6/c1-3-32-21(29)17-16-18(25(23-17)12-7-9-13(10-8-12)26(30)31)20(28)24(19(16)27)15-6-4-5-14(22)11(15)2/h4-10,16,18H,3H2,1-2H3/t16-,18+/m1/s1. The van der Waals surface area contributed by atoms with Gasteiger partial charge in [0.15, 0.2) is 5.71 Å². The van der Waals surface area contributed by atoms with Gasteiger partial charge in [-0.25, -0.2) is 9.69 Å². The summed E-state index contributed by atoms with van der Waals surface area (Å²) in [5.74, 6) is -3.21. The number of amides is 2. The molecular formula is C21H17ClN4O6. The lowest BCUT2D eigenvalue weighted by atomic mass is 9.97. The number of halogens is 1. The molecular weight excluding hydrogens is 440 g/mol. The van der Waals surface area contributed by atoms with E-state index >= 15 is 0 Å². The number of hydrogen-bond acceptors (Lipinski definition) is 8. The summed E-state index contributed by atoms with van der Waals surface area (Å²) in [6, 6.07) is 9.02. The minimum atomic E-state index is -1.19. The predicted octanol–water partition coefficient (Wildman–Crippen LogP) is 2.85. The summed E-state index contributed by atoms with van der Waals surface area (Å²) in [5.41, 5.74) is 0.816. The van der Waals surface area contributed by atoms with Gasteiger partial charge in [-0.15, -0.1) is 0 Å². The van der Waals surface area contributed by atoms with Gasteiger partial charge in [0, 0.05) is 17.2 Å². The zero-order valence-corrected chi connectivity index (χ0v) is 17.8. The van der Waals surface area contributed by atoms with Crippen LogP contribution in [0.5, 0.6) is 0 Å². The van der Waals surface area contributed by atoms with Crippen molar-refractivity contribution in [2.45, 2.75) is 19.9 Å². The van der Waals surface area contributed by atoms with E-state index in [4.69, 9.17) is 16.3 Å². The molecule has 11 heteroatoms. The molecule has 0 aromatic heterocycles. The van der Waals surface area contributed by atoms with Gasteiger partial charge >= 0.3 is 5.97 Å². The molecule has 0 radical (unpaired) electrons. The maximum absolute atomic E-state index is 13.4. The molecule has 2 aromatic rings. The van der Waals surface area contributed by atoms with Crippen LogP contribution in [-0.4, -0.2) is 41.1 Å². The average Bonchev–Trinajstić information content (AvgIpc) is 3.28. The number of anilines is 2. The van der Waals surface area contributed by atoms with Gasteiger partial charge in [0.2, 0.25) is 5.91 Å². The molecule has 0 N–H and O–H groups in total. The largest absolute Gasteiger partial charge is 0.461 e. The van der Waals surface area contributed by atoms with Crippen molar-refractivity contribution in [3.63, 3.8) is 0 Å². The van der Waals surface area contributed by atoms with Gasteiger partial charge in [0.25, 0.3) is 11.6 Å². The number of imide groups is 1. The van der Waals surface area contributed by atoms with Crippen LogP contribution in [0.1, 0.15) is 12.5 Å². The van der Waals surface area contributed by atoms with Gasteiger partial charge in [0.05, 0.1) is 22.9 Å². The maximum Gasteiger partial charge on any atom is 0.355 e. The van der Waals surface area contributed by atoms with Gasteiger partial charge in [-0.1, -0.05) is 17.7 Å². The Morgan fingerprint density at radius 2 is 1.88 bits per heavy atom. The molecule has 2 heterocycles. The highest BCUT2D eigenvalue weighted by Crippen LogP contribution is 2.40. The monoisotopic (exact) mass is 456 g/mol. The lowest BCUT2D eigenvalue weighted by Gasteiger charge is -2.23. The average molecular weight is 457 g/mol. The van der Waals surface area contributed by atoms with Crippen molar-refractivity contribution < 1.29 is 24.0 Å². The van der Waals surface area contributed by atoms with E-state index in [0.29, 0.717) is 22.0 Å². The molecule has 2 atom stereocenters. The molecule has 0 aliphatic carbocycles.